The quantitative estimate of drug-likeness (QED) is 0.484. The number of carbonyl (C=O) groups is 2. The lowest BCUT2D eigenvalue weighted by Crippen LogP contribution is -2.30. The highest BCUT2D eigenvalue weighted by Gasteiger charge is 2.32. The van der Waals surface area contributed by atoms with E-state index in [9.17, 15) is 22.8 Å². The Morgan fingerprint density at radius 1 is 0.935 bits per heavy atom. The van der Waals surface area contributed by atoms with Gasteiger partial charge in [-0.3, -0.25) is 4.79 Å². The van der Waals surface area contributed by atoms with E-state index in [4.69, 9.17) is 4.74 Å². The molecule has 0 atom stereocenters. The Kier molecular flexibility index (Phi) is 9.43. The van der Waals surface area contributed by atoms with E-state index in [0.717, 1.165) is 11.6 Å². The SMILES string of the molecule is O=C(CCC#Cc1ccccc1C(F)(F)F)NCCCNC(=O)OCc1ccccc1. The first-order valence-electron chi connectivity index (χ1n) is 9.72. The van der Waals surface area contributed by atoms with Gasteiger partial charge in [-0.05, 0) is 24.1 Å². The third-order valence-corrected chi connectivity index (χ3v) is 4.09. The maximum atomic E-state index is 12.9. The molecule has 2 aromatic rings. The predicted octanol–water partition coefficient (Wildman–Crippen LogP) is 4.27. The number of rotatable bonds is 8. The van der Waals surface area contributed by atoms with Crippen molar-refractivity contribution in [2.24, 2.45) is 0 Å². The Morgan fingerprint density at radius 3 is 2.35 bits per heavy atom. The van der Waals surface area contributed by atoms with Crippen LogP contribution in [0.5, 0.6) is 0 Å². The van der Waals surface area contributed by atoms with Crippen LogP contribution in [-0.4, -0.2) is 25.1 Å². The van der Waals surface area contributed by atoms with Crippen LogP contribution in [0.1, 0.15) is 36.0 Å². The minimum Gasteiger partial charge on any atom is -0.445 e. The second-order valence-corrected chi connectivity index (χ2v) is 6.54. The number of nitrogens with one attached hydrogen (secondary N) is 2. The highest BCUT2D eigenvalue weighted by atomic mass is 19.4. The van der Waals surface area contributed by atoms with Gasteiger partial charge in [0.2, 0.25) is 5.91 Å². The van der Waals surface area contributed by atoms with E-state index in [-0.39, 0.29) is 30.9 Å². The van der Waals surface area contributed by atoms with E-state index >= 15 is 0 Å². The fourth-order valence-corrected chi connectivity index (χ4v) is 2.54. The van der Waals surface area contributed by atoms with Gasteiger partial charge in [-0.2, -0.15) is 13.2 Å². The number of ether oxygens (including phenoxy) is 1. The van der Waals surface area contributed by atoms with E-state index in [1.165, 1.54) is 18.2 Å². The Labute approximate surface area is 179 Å². The zero-order valence-electron chi connectivity index (χ0n) is 16.8. The standard InChI is InChI=1S/C23H23F3N2O3/c24-23(25,26)20-13-6-4-11-19(20)12-5-7-14-21(29)27-15-8-16-28-22(30)31-17-18-9-2-1-3-10-18/h1-4,6,9-11,13H,7-8,14-17H2,(H,27,29)(H,28,30). The highest BCUT2D eigenvalue weighted by Crippen LogP contribution is 2.31. The summed E-state index contributed by atoms with van der Waals surface area (Å²) in [5.41, 5.74) is -0.0164. The molecule has 31 heavy (non-hydrogen) atoms. The number of benzene rings is 2. The summed E-state index contributed by atoms with van der Waals surface area (Å²) < 4.78 is 43.7. The molecule has 5 nitrogen and oxygen atoms in total. The number of carbonyl (C=O) groups excluding carboxylic acids is 2. The molecule has 0 bridgehead atoms. The Balaban J connectivity index is 1.58. The third kappa shape index (κ3) is 9.26. The van der Waals surface area contributed by atoms with Gasteiger partial charge in [0.15, 0.2) is 0 Å². The summed E-state index contributed by atoms with van der Waals surface area (Å²) in [5, 5.41) is 5.26. The van der Waals surface area contributed by atoms with E-state index in [1.54, 1.807) is 0 Å². The first kappa shape index (κ1) is 23.8. The molecule has 164 valence electrons. The Bertz CT molecular complexity index is 919. The van der Waals surface area contributed by atoms with Gasteiger partial charge < -0.3 is 15.4 Å². The molecule has 0 unspecified atom stereocenters. The molecule has 0 fully saturated rings. The van der Waals surface area contributed by atoms with Crippen LogP contribution in [0.4, 0.5) is 18.0 Å². The summed E-state index contributed by atoms with van der Waals surface area (Å²) in [4.78, 5) is 23.4. The second-order valence-electron chi connectivity index (χ2n) is 6.54. The molecule has 0 aliphatic rings. The van der Waals surface area contributed by atoms with Crippen molar-refractivity contribution in [2.45, 2.75) is 32.0 Å². The molecule has 0 saturated heterocycles. The second kappa shape index (κ2) is 12.3. The van der Waals surface area contributed by atoms with Crippen LogP contribution in [0, 0.1) is 11.8 Å². The van der Waals surface area contributed by atoms with Gasteiger partial charge in [-0.15, -0.1) is 0 Å². The Hall–Kier alpha value is -3.47. The van der Waals surface area contributed by atoms with Crippen LogP contribution in [0.25, 0.3) is 0 Å². The average Bonchev–Trinajstić information content (AvgIpc) is 2.75. The van der Waals surface area contributed by atoms with Gasteiger partial charge in [0.1, 0.15) is 6.61 Å². The van der Waals surface area contributed by atoms with Gasteiger partial charge in [-0.25, -0.2) is 4.79 Å². The number of hydrogen-bond donors (Lipinski definition) is 2. The van der Waals surface area contributed by atoms with Gasteiger partial charge in [0.05, 0.1) is 5.56 Å². The van der Waals surface area contributed by atoms with Crippen molar-refractivity contribution in [3.63, 3.8) is 0 Å². The zero-order valence-corrected chi connectivity index (χ0v) is 16.8. The normalized spacial score (nSPS) is 10.5. The third-order valence-electron chi connectivity index (χ3n) is 4.09. The van der Waals surface area contributed by atoms with E-state index in [2.05, 4.69) is 22.5 Å². The minimum atomic E-state index is -4.47. The van der Waals surface area contributed by atoms with Crippen LogP contribution in [-0.2, 0) is 22.3 Å². The van der Waals surface area contributed by atoms with Crippen molar-refractivity contribution >= 4 is 12.0 Å². The molecule has 0 aromatic heterocycles. The van der Waals surface area contributed by atoms with Crippen LogP contribution < -0.4 is 10.6 Å². The molecule has 0 aliphatic carbocycles. The van der Waals surface area contributed by atoms with Gasteiger partial charge >= 0.3 is 12.3 Å². The van der Waals surface area contributed by atoms with Gasteiger partial charge in [0.25, 0.3) is 0 Å². The fraction of sp³-hybridized carbons (Fsp3) is 0.304. The van der Waals surface area contributed by atoms with E-state index in [0.29, 0.717) is 19.5 Å². The molecular weight excluding hydrogens is 409 g/mol. The summed E-state index contributed by atoms with van der Waals surface area (Å²) in [6.07, 6.45) is -4.28. The van der Waals surface area contributed by atoms with Gasteiger partial charge in [-0.1, -0.05) is 54.3 Å². The van der Waals surface area contributed by atoms with Crippen molar-refractivity contribution in [3.05, 3.63) is 71.3 Å². The number of alkyl carbamates (subject to hydrolysis) is 1. The summed E-state index contributed by atoms with van der Waals surface area (Å²) in [7, 11) is 0. The molecular formula is C23H23F3N2O3. The lowest BCUT2D eigenvalue weighted by molar-refractivity contribution is -0.137. The first-order valence-corrected chi connectivity index (χ1v) is 9.72. The molecule has 2 rings (SSSR count). The molecule has 2 amide bonds. The lowest BCUT2D eigenvalue weighted by Gasteiger charge is -2.08. The van der Waals surface area contributed by atoms with Crippen molar-refractivity contribution < 1.29 is 27.5 Å². The highest BCUT2D eigenvalue weighted by molar-refractivity contribution is 5.76. The summed E-state index contributed by atoms with van der Waals surface area (Å²) in [6, 6.07) is 14.3. The molecule has 2 aromatic carbocycles. The van der Waals surface area contributed by atoms with Crippen LogP contribution in [0.3, 0.4) is 0 Å². The van der Waals surface area contributed by atoms with Crippen LogP contribution in [0.2, 0.25) is 0 Å². The van der Waals surface area contributed by atoms with Crippen molar-refractivity contribution in [1.29, 1.82) is 0 Å². The average molecular weight is 432 g/mol. The number of hydrogen-bond acceptors (Lipinski definition) is 3. The number of amides is 2. The molecule has 0 spiro atoms. The van der Waals surface area contributed by atoms with Crippen LogP contribution in [0.15, 0.2) is 54.6 Å². The maximum absolute atomic E-state index is 12.9. The molecule has 0 aliphatic heterocycles. The Morgan fingerprint density at radius 2 is 1.61 bits per heavy atom. The topological polar surface area (TPSA) is 67.4 Å². The van der Waals surface area contributed by atoms with Crippen molar-refractivity contribution in [2.75, 3.05) is 13.1 Å². The number of alkyl halides is 3. The largest absolute Gasteiger partial charge is 0.445 e. The van der Waals surface area contributed by atoms with Gasteiger partial charge in [0, 0.05) is 31.5 Å². The predicted molar refractivity (Wildman–Crippen MR) is 110 cm³/mol. The lowest BCUT2D eigenvalue weighted by atomic mass is 10.1. The molecule has 0 heterocycles. The first-order chi connectivity index (χ1) is 14.9. The van der Waals surface area contributed by atoms with E-state index in [1.807, 2.05) is 30.3 Å². The van der Waals surface area contributed by atoms with Crippen LogP contribution >= 0.6 is 0 Å². The summed E-state index contributed by atoms with van der Waals surface area (Å²) in [6.45, 7) is 0.863. The fourth-order valence-electron chi connectivity index (χ4n) is 2.54. The summed E-state index contributed by atoms with van der Waals surface area (Å²) >= 11 is 0. The van der Waals surface area contributed by atoms with Crippen molar-refractivity contribution in [1.82, 2.24) is 10.6 Å². The maximum Gasteiger partial charge on any atom is 0.417 e. The smallest absolute Gasteiger partial charge is 0.417 e. The molecule has 0 saturated carbocycles. The monoisotopic (exact) mass is 432 g/mol. The molecule has 8 heteroatoms. The van der Waals surface area contributed by atoms with Crippen molar-refractivity contribution in [3.8, 4) is 11.8 Å². The zero-order chi connectivity index (χ0) is 22.5. The minimum absolute atomic E-state index is 0.0771. The van der Waals surface area contributed by atoms with E-state index < -0.39 is 17.8 Å². The molecule has 0 radical (unpaired) electrons. The summed E-state index contributed by atoms with van der Waals surface area (Å²) in [5.74, 6) is 4.82. The molecule has 2 N–H and O–H groups in total. The number of halogens is 3.